The molecule has 16 heavy (non-hydrogen) atoms. The lowest BCUT2D eigenvalue weighted by molar-refractivity contribution is -0.137. The molecule has 0 fully saturated rings. The average molecular weight is 222 g/mol. The zero-order chi connectivity index (χ0) is 12.1. The number of esters is 1. The summed E-state index contributed by atoms with van der Waals surface area (Å²) in [5.74, 6) is -0.699. The van der Waals surface area contributed by atoms with Gasteiger partial charge in [0.25, 0.3) is 0 Å². The van der Waals surface area contributed by atoms with Gasteiger partial charge in [-0.25, -0.2) is 9.59 Å². The van der Waals surface area contributed by atoms with Crippen molar-refractivity contribution in [1.29, 1.82) is 5.26 Å². The molecule has 0 aromatic rings. The molecule has 0 bridgehead atoms. The van der Waals surface area contributed by atoms with Gasteiger partial charge < -0.3 is 9.47 Å². The van der Waals surface area contributed by atoms with Crippen LogP contribution >= 0.6 is 0 Å². The number of nitrogens with zero attached hydrogens (tertiary/aromatic N) is 2. The molecule has 6 nitrogen and oxygen atoms in total. The molecule has 1 aliphatic heterocycles. The Morgan fingerprint density at radius 3 is 2.62 bits per heavy atom. The predicted molar refractivity (Wildman–Crippen MR) is 52.9 cm³/mol. The highest BCUT2D eigenvalue weighted by atomic mass is 16.5. The largest absolute Gasteiger partial charge is 0.464 e. The number of methoxy groups -OCH3 is 2. The molecule has 1 unspecified atom stereocenters. The summed E-state index contributed by atoms with van der Waals surface area (Å²) >= 11 is 0. The van der Waals surface area contributed by atoms with Crippen LogP contribution in [0.5, 0.6) is 0 Å². The number of carbonyl (C=O) groups is 2. The molecule has 1 rings (SSSR count). The molecule has 0 radical (unpaired) electrons. The highest BCUT2D eigenvalue weighted by Crippen LogP contribution is 2.18. The Kier molecular flexibility index (Phi) is 3.67. The summed E-state index contributed by atoms with van der Waals surface area (Å²) in [7, 11) is 2.36. The van der Waals surface area contributed by atoms with Gasteiger partial charge in [0.15, 0.2) is 0 Å². The summed E-state index contributed by atoms with van der Waals surface area (Å²) in [6.07, 6.45) is 3.59. The van der Waals surface area contributed by atoms with Gasteiger partial charge in [0.1, 0.15) is 11.7 Å². The van der Waals surface area contributed by atoms with E-state index in [1.54, 1.807) is 0 Å². The Balaban J connectivity index is 3.09. The summed E-state index contributed by atoms with van der Waals surface area (Å²) in [6.45, 7) is 0. The number of nitriles is 1. The van der Waals surface area contributed by atoms with Crippen molar-refractivity contribution in [2.45, 2.75) is 6.04 Å². The number of carbonyl (C=O) groups excluding carboxylic acids is 2. The van der Waals surface area contributed by atoms with Crippen LogP contribution in [0.4, 0.5) is 4.79 Å². The van der Waals surface area contributed by atoms with Crippen molar-refractivity contribution in [3.8, 4) is 6.07 Å². The molecule has 84 valence electrons. The molecule has 1 aliphatic rings. The Morgan fingerprint density at radius 1 is 1.44 bits per heavy atom. The minimum Gasteiger partial charge on any atom is -0.464 e. The fraction of sp³-hybridized carbons (Fsp3) is 0.300. The lowest BCUT2D eigenvalue weighted by Gasteiger charge is -2.26. The van der Waals surface area contributed by atoms with Gasteiger partial charge in [-0.15, -0.1) is 0 Å². The second kappa shape index (κ2) is 4.98. The maximum Gasteiger partial charge on any atom is 0.415 e. The van der Waals surface area contributed by atoms with Crippen LogP contribution in [0.3, 0.4) is 0 Å². The maximum atomic E-state index is 11.4. The van der Waals surface area contributed by atoms with E-state index in [4.69, 9.17) is 5.26 Å². The van der Waals surface area contributed by atoms with E-state index in [9.17, 15) is 9.59 Å². The number of allylic oxidation sites excluding steroid dienone is 2. The van der Waals surface area contributed by atoms with Crippen molar-refractivity contribution in [2.24, 2.45) is 0 Å². The molecule has 0 spiro atoms. The first-order chi connectivity index (χ1) is 7.65. The van der Waals surface area contributed by atoms with Crippen molar-refractivity contribution in [1.82, 2.24) is 4.90 Å². The lowest BCUT2D eigenvalue weighted by Crippen LogP contribution is -2.41. The van der Waals surface area contributed by atoms with Gasteiger partial charge in [0.05, 0.1) is 20.3 Å². The maximum absolute atomic E-state index is 11.4. The van der Waals surface area contributed by atoms with Crippen LogP contribution in [0.1, 0.15) is 0 Å². The van der Waals surface area contributed by atoms with Crippen molar-refractivity contribution in [3.63, 3.8) is 0 Å². The van der Waals surface area contributed by atoms with Crippen LogP contribution in [0.2, 0.25) is 0 Å². The van der Waals surface area contributed by atoms with Crippen LogP contribution in [0.15, 0.2) is 23.9 Å². The standard InChI is InChI=1S/C10H10N2O4/c1-15-9(13)8-5-3-4-7(6-11)12(8)10(14)16-2/h3-5,7H,1-2H3. The van der Waals surface area contributed by atoms with E-state index in [0.717, 1.165) is 4.90 Å². The first-order valence-corrected chi connectivity index (χ1v) is 4.39. The molecule has 0 aromatic heterocycles. The van der Waals surface area contributed by atoms with Gasteiger partial charge in [-0.3, -0.25) is 4.90 Å². The molecule has 0 saturated carbocycles. The first-order valence-electron chi connectivity index (χ1n) is 4.39. The molecular formula is C10H10N2O4. The van der Waals surface area contributed by atoms with Crippen LogP contribution in [0.25, 0.3) is 0 Å². The summed E-state index contributed by atoms with van der Waals surface area (Å²) in [4.78, 5) is 23.7. The Hall–Kier alpha value is -2.29. The van der Waals surface area contributed by atoms with E-state index >= 15 is 0 Å². The third-order valence-electron chi connectivity index (χ3n) is 1.98. The topological polar surface area (TPSA) is 79.6 Å². The Morgan fingerprint density at radius 2 is 2.12 bits per heavy atom. The summed E-state index contributed by atoms with van der Waals surface area (Å²) in [5.41, 5.74) is -0.0246. The monoisotopic (exact) mass is 222 g/mol. The van der Waals surface area contributed by atoms with Gasteiger partial charge in [0, 0.05) is 0 Å². The van der Waals surface area contributed by atoms with E-state index in [2.05, 4.69) is 9.47 Å². The molecule has 0 N–H and O–H groups in total. The third kappa shape index (κ3) is 2.03. The molecule has 0 aliphatic carbocycles. The van der Waals surface area contributed by atoms with Crippen molar-refractivity contribution in [3.05, 3.63) is 23.9 Å². The molecular weight excluding hydrogens is 212 g/mol. The van der Waals surface area contributed by atoms with Crippen LogP contribution < -0.4 is 0 Å². The fourth-order valence-corrected chi connectivity index (χ4v) is 1.25. The number of amides is 1. The summed E-state index contributed by atoms with van der Waals surface area (Å²) in [5, 5.41) is 8.85. The molecule has 0 aromatic carbocycles. The molecule has 1 amide bonds. The van der Waals surface area contributed by atoms with Gasteiger partial charge in [-0.1, -0.05) is 6.08 Å². The van der Waals surface area contributed by atoms with Crippen molar-refractivity contribution in [2.75, 3.05) is 14.2 Å². The van der Waals surface area contributed by atoms with Crippen LogP contribution in [-0.4, -0.2) is 37.2 Å². The van der Waals surface area contributed by atoms with E-state index in [-0.39, 0.29) is 5.70 Å². The number of hydrogen-bond donors (Lipinski definition) is 0. The van der Waals surface area contributed by atoms with E-state index in [1.165, 1.54) is 32.4 Å². The second-order valence-corrected chi connectivity index (χ2v) is 2.84. The van der Waals surface area contributed by atoms with Crippen molar-refractivity contribution < 1.29 is 19.1 Å². The number of ether oxygens (including phenoxy) is 2. The summed E-state index contributed by atoms with van der Waals surface area (Å²) < 4.78 is 9.01. The van der Waals surface area contributed by atoms with E-state index < -0.39 is 18.1 Å². The molecule has 0 saturated heterocycles. The second-order valence-electron chi connectivity index (χ2n) is 2.84. The van der Waals surface area contributed by atoms with Crippen LogP contribution in [0, 0.1) is 11.3 Å². The number of hydrogen-bond acceptors (Lipinski definition) is 5. The smallest absolute Gasteiger partial charge is 0.415 e. The van der Waals surface area contributed by atoms with Gasteiger partial charge in [0.2, 0.25) is 0 Å². The molecule has 1 heterocycles. The highest BCUT2D eigenvalue weighted by molar-refractivity contribution is 5.93. The van der Waals surface area contributed by atoms with E-state index in [0.29, 0.717) is 0 Å². The SMILES string of the molecule is COC(=O)C1=CC=CC(C#N)N1C(=O)OC. The minimum atomic E-state index is -0.869. The zero-order valence-electron chi connectivity index (χ0n) is 8.84. The predicted octanol–water partition coefficient (Wildman–Crippen LogP) is 0.574. The Bertz CT molecular complexity index is 406. The van der Waals surface area contributed by atoms with Crippen molar-refractivity contribution >= 4 is 12.1 Å². The number of rotatable bonds is 1. The van der Waals surface area contributed by atoms with E-state index in [1.807, 2.05) is 6.07 Å². The minimum absolute atomic E-state index is 0.0246. The third-order valence-corrected chi connectivity index (χ3v) is 1.98. The first kappa shape index (κ1) is 11.8. The molecule has 1 atom stereocenters. The zero-order valence-corrected chi connectivity index (χ0v) is 8.84. The molecule has 6 heteroatoms. The van der Waals surface area contributed by atoms with Gasteiger partial charge in [-0.05, 0) is 12.2 Å². The summed E-state index contributed by atoms with van der Waals surface area (Å²) in [6, 6.07) is 0.999. The average Bonchev–Trinajstić information content (AvgIpc) is 2.35. The van der Waals surface area contributed by atoms with Crippen LogP contribution in [-0.2, 0) is 14.3 Å². The van der Waals surface area contributed by atoms with Gasteiger partial charge >= 0.3 is 12.1 Å². The quantitative estimate of drug-likeness (QED) is 0.606. The normalized spacial score (nSPS) is 18.4. The Labute approximate surface area is 92.3 Å². The lowest BCUT2D eigenvalue weighted by atomic mass is 10.1. The van der Waals surface area contributed by atoms with Gasteiger partial charge in [-0.2, -0.15) is 5.26 Å². The highest BCUT2D eigenvalue weighted by Gasteiger charge is 2.32. The fourth-order valence-electron chi connectivity index (χ4n) is 1.25.